The molecule has 0 aliphatic carbocycles. The van der Waals surface area contributed by atoms with Crippen molar-refractivity contribution >= 4 is 11.9 Å². The fourth-order valence-corrected chi connectivity index (χ4v) is 4.02. The van der Waals surface area contributed by atoms with E-state index >= 15 is 0 Å². The highest BCUT2D eigenvalue weighted by molar-refractivity contribution is 5.81. The van der Waals surface area contributed by atoms with Gasteiger partial charge in [-0.05, 0) is 37.0 Å². The summed E-state index contributed by atoms with van der Waals surface area (Å²) >= 11 is 0. The molecular weight excluding hydrogens is 288 g/mol. The smallest absolute Gasteiger partial charge is 0.224 e. The van der Waals surface area contributed by atoms with E-state index in [-0.39, 0.29) is 5.91 Å². The standard InChI is InChI=1S/C18H34N4O/c1-14-6-5-9-21(11-14)17(23)7-8-20-18(19-4)22-12-15(2)10-16(3)13-22/h14-16H,5-13H2,1-4H3,(H,19,20). The van der Waals surface area contributed by atoms with Gasteiger partial charge < -0.3 is 15.1 Å². The highest BCUT2D eigenvalue weighted by atomic mass is 16.2. The number of likely N-dealkylation sites (tertiary alicyclic amines) is 2. The fraction of sp³-hybridized carbons (Fsp3) is 0.889. The Bertz CT molecular complexity index is 413. The third-order valence-electron chi connectivity index (χ3n) is 5.01. The molecule has 5 heteroatoms. The van der Waals surface area contributed by atoms with E-state index in [1.54, 1.807) is 0 Å². The summed E-state index contributed by atoms with van der Waals surface area (Å²) in [5, 5.41) is 3.39. The van der Waals surface area contributed by atoms with Crippen LogP contribution in [0.15, 0.2) is 4.99 Å². The molecule has 2 aliphatic heterocycles. The van der Waals surface area contributed by atoms with Crippen LogP contribution in [-0.4, -0.2) is 61.4 Å². The Morgan fingerprint density at radius 3 is 2.35 bits per heavy atom. The summed E-state index contributed by atoms with van der Waals surface area (Å²) in [6.07, 6.45) is 4.25. The molecule has 23 heavy (non-hydrogen) atoms. The molecule has 2 aliphatic rings. The first-order valence-electron chi connectivity index (χ1n) is 9.23. The van der Waals surface area contributed by atoms with Crippen LogP contribution in [0.5, 0.6) is 0 Å². The molecule has 0 saturated carbocycles. The molecular formula is C18H34N4O. The zero-order valence-electron chi connectivity index (χ0n) is 15.3. The predicted molar refractivity (Wildman–Crippen MR) is 95.5 cm³/mol. The summed E-state index contributed by atoms with van der Waals surface area (Å²) in [5.41, 5.74) is 0. The van der Waals surface area contributed by atoms with E-state index in [2.05, 4.69) is 36.0 Å². The first-order valence-corrected chi connectivity index (χ1v) is 9.23. The number of guanidine groups is 1. The van der Waals surface area contributed by atoms with Gasteiger partial charge in [-0.2, -0.15) is 0 Å². The highest BCUT2D eigenvalue weighted by Crippen LogP contribution is 2.21. The van der Waals surface area contributed by atoms with Crippen LogP contribution >= 0.6 is 0 Å². The van der Waals surface area contributed by atoms with Crippen molar-refractivity contribution in [1.82, 2.24) is 15.1 Å². The maximum absolute atomic E-state index is 12.3. The van der Waals surface area contributed by atoms with E-state index in [9.17, 15) is 4.79 Å². The minimum absolute atomic E-state index is 0.278. The number of nitrogens with zero attached hydrogens (tertiary/aromatic N) is 3. The van der Waals surface area contributed by atoms with Gasteiger partial charge >= 0.3 is 0 Å². The van der Waals surface area contributed by atoms with Gasteiger partial charge in [-0.1, -0.05) is 20.8 Å². The van der Waals surface area contributed by atoms with Gasteiger partial charge in [-0.15, -0.1) is 0 Å². The number of hydrogen-bond acceptors (Lipinski definition) is 2. The Morgan fingerprint density at radius 2 is 1.74 bits per heavy atom. The maximum Gasteiger partial charge on any atom is 0.224 e. The van der Waals surface area contributed by atoms with E-state index in [0.717, 1.165) is 38.6 Å². The third-order valence-corrected chi connectivity index (χ3v) is 5.01. The Hall–Kier alpha value is -1.26. The predicted octanol–water partition coefficient (Wildman–Crippen LogP) is 2.19. The second-order valence-corrected chi connectivity index (χ2v) is 7.66. The van der Waals surface area contributed by atoms with Gasteiger partial charge in [0.05, 0.1) is 0 Å². The molecule has 0 radical (unpaired) electrons. The number of aliphatic imine (C=N–C) groups is 1. The van der Waals surface area contributed by atoms with Crippen LogP contribution in [0.2, 0.25) is 0 Å². The lowest BCUT2D eigenvalue weighted by Gasteiger charge is -2.37. The lowest BCUT2D eigenvalue weighted by atomic mass is 9.92. The van der Waals surface area contributed by atoms with Crippen molar-refractivity contribution in [2.24, 2.45) is 22.7 Å². The van der Waals surface area contributed by atoms with Crippen molar-refractivity contribution < 1.29 is 4.79 Å². The first-order chi connectivity index (χ1) is 11.0. The zero-order valence-corrected chi connectivity index (χ0v) is 15.3. The van der Waals surface area contributed by atoms with Crippen molar-refractivity contribution in [3.63, 3.8) is 0 Å². The summed E-state index contributed by atoms with van der Waals surface area (Å²) in [5.74, 6) is 3.27. The van der Waals surface area contributed by atoms with Gasteiger partial charge in [0.15, 0.2) is 5.96 Å². The molecule has 2 heterocycles. The van der Waals surface area contributed by atoms with Crippen LogP contribution < -0.4 is 5.32 Å². The first kappa shape index (κ1) is 18.1. The number of rotatable bonds is 3. The van der Waals surface area contributed by atoms with Crippen LogP contribution in [0.3, 0.4) is 0 Å². The summed E-state index contributed by atoms with van der Waals surface area (Å²) in [7, 11) is 1.83. The average molecular weight is 322 g/mol. The van der Waals surface area contributed by atoms with Crippen molar-refractivity contribution in [2.45, 2.75) is 46.5 Å². The molecule has 1 amide bonds. The van der Waals surface area contributed by atoms with Crippen molar-refractivity contribution in [3.8, 4) is 0 Å². The van der Waals surface area contributed by atoms with Crippen LogP contribution in [0.1, 0.15) is 46.5 Å². The van der Waals surface area contributed by atoms with Crippen molar-refractivity contribution in [3.05, 3.63) is 0 Å². The molecule has 2 saturated heterocycles. The van der Waals surface area contributed by atoms with Gasteiger partial charge in [0, 0.05) is 46.2 Å². The van der Waals surface area contributed by atoms with Crippen LogP contribution in [0, 0.1) is 17.8 Å². The lowest BCUT2D eigenvalue weighted by Crippen LogP contribution is -2.49. The monoisotopic (exact) mass is 322 g/mol. The molecule has 5 nitrogen and oxygen atoms in total. The zero-order chi connectivity index (χ0) is 16.8. The van der Waals surface area contributed by atoms with E-state index in [1.807, 2.05) is 11.9 Å². The molecule has 132 valence electrons. The molecule has 0 bridgehead atoms. The number of carbonyl (C=O) groups excluding carboxylic acids is 1. The Kier molecular flexibility index (Phi) is 6.72. The third kappa shape index (κ3) is 5.40. The van der Waals surface area contributed by atoms with E-state index in [4.69, 9.17) is 0 Å². The summed E-state index contributed by atoms with van der Waals surface area (Å²) in [4.78, 5) is 21.1. The van der Waals surface area contributed by atoms with E-state index < -0.39 is 0 Å². The van der Waals surface area contributed by atoms with Crippen LogP contribution in [-0.2, 0) is 4.79 Å². The summed E-state index contributed by atoms with van der Waals surface area (Å²) < 4.78 is 0. The number of amides is 1. The summed E-state index contributed by atoms with van der Waals surface area (Å²) in [6, 6.07) is 0. The van der Waals surface area contributed by atoms with Crippen molar-refractivity contribution in [1.29, 1.82) is 0 Å². The molecule has 3 unspecified atom stereocenters. The largest absolute Gasteiger partial charge is 0.356 e. The van der Waals surface area contributed by atoms with Gasteiger partial charge in [0.2, 0.25) is 5.91 Å². The van der Waals surface area contributed by atoms with Crippen LogP contribution in [0.25, 0.3) is 0 Å². The van der Waals surface area contributed by atoms with Gasteiger partial charge in [0.1, 0.15) is 0 Å². The van der Waals surface area contributed by atoms with E-state index in [1.165, 1.54) is 12.8 Å². The quantitative estimate of drug-likeness (QED) is 0.640. The lowest BCUT2D eigenvalue weighted by molar-refractivity contribution is -0.132. The molecule has 2 rings (SSSR count). The van der Waals surface area contributed by atoms with Gasteiger partial charge in [-0.3, -0.25) is 9.79 Å². The number of hydrogen-bond donors (Lipinski definition) is 1. The number of piperidine rings is 2. The van der Waals surface area contributed by atoms with Gasteiger partial charge in [-0.25, -0.2) is 0 Å². The fourth-order valence-electron chi connectivity index (χ4n) is 4.02. The summed E-state index contributed by atoms with van der Waals surface area (Å²) in [6.45, 7) is 11.5. The number of nitrogens with one attached hydrogen (secondary N) is 1. The topological polar surface area (TPSA) is 47.9 Å². The molecule has 0 spiro atoms. The Balaban J connectivity index is 1.76. The minimum Gasteiger partial charge on any atom is -0.356 e. The molecule has 0 aromatic rings. The molecule has 3 atom stereocenters. The number of carbonyl (C=O) groups is 1. The maximum atomic E-state index is 12.3. The average Bonchev–Trinajstić information content (AvgIpc) is 2.50. The molecule has 1 N–H and O–H groups in total. The molecule has 0 aromatic carbocycles. The van der Waals surface area contributed by atoms with E-state index in [0.29, 0.717) is 30.7 Å². The Morgan fingerprint density at radius 1 is 1.09 bits per heavy atom. The minimum atomic E-state index is 0.278. The van der Waals surface area contributed by atoms with Gasteiger partial charge in [0.25, 0.3) is 0 Å². The second kappa shape index (κ2) is 8.55. The molecule has 2 fully saturated rings. The van der Waals surface area contributed by atoms with Crippen LogP contribution in [0.4, 0.5) is 0 Å². The normalized spacial score (nSPS) is 29.6. The van der Waals surface area contributed by atoms with Crippen molar-refractivity contribution in [2.75, 3.05) is 39.8 Å². The second-order valence-electron chi connectivity index (χ2n) is 7.66. The molecule has 0 aromatic heterocycles. The Labute approximate surface area is 141 Å². The highest BCUT2D eigenvalue weighted by Gasteiger charge is 2.24. The SMILES string of the molecule is CN=C(NCCC(=O)N1CCCC(C)C1)N1CC(C)CC(C)C1.